The molecule has 0 aliphatic rings. The lowest BCUT2D eigenvalue weighted by atomic mass is 10.3. The first kappa shape index (κ1) is 19.7. The van der Waals surface area contributed by atoms with Crippen LogP contribution in [0.5, 0.6) is 0 Å². The van der Waals surface area contributed by atoms with Gasteiger partial charge in [-0.3, -0.25) is 9.39 Å². The average molecular weight is 447 g/mol. The van der Waals surface area contributed by atoms with Crippen LogP contribution >= 0.6 is 27.7 Å². The molecule has 1 aromatic carbocycles. The van der Waals surface area contributed by atoms with E-state index in [-0.39, 0.29) is 0 Å². The minimum atomic E-state index is 0.572. The first-order chi connectivity index (χ1) is 13.3. The SMILES string of the molecule is CN=C(NCCCCSc1ccccc1Br)NCc1nnc2ccccn12. The summed E-state index contributed by atoms with van der Waals surface area (Å²) in [5.74, 6) is 2.74. The first-order valence-corrected chi connectivity index (χ1v) is 10.7. The van der Waals surface area contributed by atoms with Crippen molar-refractivity contribution in [2.75, 3.05) is 19.3 Å². The Labute approximate surface area is 172 Å². The van der Waals surface area contributed by atoms with Gasteiger partial charge >= 0.3 is 0 Å². The molecule has 0 saturated carbocycles. The summed E-state index contributed by atoms with van der Waals surface area (Å²) in [5, 5.41) is 15.0. The Balaban J connectivity index is 1.35. The summed E-state index contributed by atoms with van der Waals surface area (Å²) < 4.78 is 3.14. The van der Waals surface area contributed by atoms with E-state index in [4.69, 9.17) is 0 Å². The number of rotatable bonds is 8. The third kappa shape index (κ3) is 5.71. The van der Waals surface area contributed by atoms with E-state index in [9.17, 15) is 0 Å². The van der Waals surface area contributed by atoms with Gasteiger partial charge in [-0.25, -0.2) is 0 Å². The van der Waals surface area contributed by atoms with Gasteiger partial charge in [0.25, 0.3) is 0 Å². The maximum absolute atomic E-state index is 4.27. The Morgan fingerprint density at radius 1 is 1.11 bits per heavy atom. The van der Waals surface area contributed by atoms with Gasteiger partial charge in [0.2, 0.25) is 0 Å². The summed E-state index contributed by atoms with van der Waals surface area (Å²) in [6, 6.07) is 14.2. The summed E-state index contributed by atoms with van der Waals surface area (Å²) in [6.07, 6.45) is 4.20. The van der Waals surface area contributed by atoms with E-state index in [1.54, 1.807) is 7.05 Å². The molecule has 0 aliphatic heterocycles. The fourth-order valence-corrected chi connectivity index (χ4v) is 4.15. The zero-order valence-corrected chi connectivity index (χ0v) is 17.6. The van der Waals surface area contributed by atoms with Crippen LogP contribution in [0.15, 0.2) is 63.0 Å². The Hall–Kier alpha value is -2.06. The number of nitrogens with zero attached hydrogens (tertiary/aromatic N) is 4. The average Bonchev–Trinajstić information content (AvgIpc) is 3.11. The lowest BCUT2D eigenvalue weighted by Gasteiger charge is -2.11. The number of hydrogen-bond donors (Lipinski definition) is 2. The lowest BCUT2D eigenvalue weighted by molar-refractivity contribution is 0.720. The second kappa shape index (κ2) is 10.3. The van der Waals surface area contributed by atoms with Gasteiger partial charge in [-0.2, -0.15) is 0 Å². The summed E-state index contributed by atoms with van der Waals surface area (Å²) in [4.78, 5) is 5.56. The molecule has 2 heterocycles. The van der Waals surface area contributed by atoms with E-state index < -0.39 is 0 Å². The number of benzene rings is 1. The van der Waals surface area contributed by atoms with E-state index in [1.165, 1.54) is 9.37 Å². The normalized spacial score (nSPS) is 11.7. The quantitative estimate of drug-likeness (QED) is 0.239. The molecule has 0 radical (unpaired) electrons. The number of thioether (sulfide) groups is 1. The molecular weight excluding hydrogens is 424 g/mol. The zero-order chi connectivity index (χ0) is 18.9. The molecule has 0 aliphatic carbocycles. The summed E-state index contributed by atoms with van der Waals surface area (Å²) in [7, 11) is 1.78. The van der Waals surface area contributed by atoms with Crippen LogP contribution in [0.3, 0.4) is 0 Å². The minimum Gasteiger partial charge on any atom is -0.356 e. The van der Waals surface area contributed by atoms with Gasteiger partial charge in [-0.1, -0.05) is 18.2 Å². The van der Waals surface area contributed by atoms with Crippen molar-refractivity contribution in [2.45, 2.75) is 24.3 Å². The van der Waals surface area contributed by atoms with Crippen LogP contribution in [-0.4, -0.2) is 39.9 Å². The van der Waals surface area contributed by atoms with Crippen LogP contribution in [0.2, 0.25) is 0 Å². The van der Waals surface area contributed by atoms with Gasteiger partial charge in [0.1, 0.15) is 0 Å². The number of nitrogens with one attached hydrogen (secondary N) is 2. The topological polar surface area (TPSA) is 66.6 Å². The van der Waals surface area contributed by atoms with Crippen molar-refractivity contribution in [3.63, 3.8) is 0 Å². The third-order valence-corrected chi connectivity index (χ3v) is 6.09. The third-order valence-electron chi connectivity index (χ3n) is 3.98. The van der Waals surface area contributed by atoms with Gasteiger partial charge in [-0.15, -0.1) is 22.0 Å². The molecular formula is C19H23BrN6S. The maximum Gasteiger partial charge on any atom is 0.191 e. The van der Waals surface area contributed by atoms with Crippen molar-refractivity contribution in [1.29, 1.82) is 0 Å². The number of guanidine groups is 1. The molecule has 0 atom stereocenters. The molecule has 0 unspecified atom stereocenters. The molecule has 2 N–H and O–H groups in total. The van der Waals surface area contributed by atoms with Gasteiger partial charge in [0.15, 0.2) is 17.4 Å². The van der Waals surface area contributed by atoms with Gasteiger partial charge in [0, 0.05) is 29.2 Å². The van der Waals surface area contributed by atoms with Crippen molar-refractivity contribution in [3.05, 3.63) is 59.0 Å². The standard InChI is InChI=1S/C19H23BrN6S/c1-21-19(23-14-18-25-24-17-10-4-6-12-26(17)18)22-11-5-7-13-27-16-9-3-2-8-15(16)20/h2-4,6,8-10,12H,5,7,11,13-14H2,1H3,(H2,21,22,23). The van der Waals surface area contributed by atoms with Crippen LogP contribution in [0.1, 0.15) is 18.7 Å². The minimum absolute atomic E-state index is 0.572. The van der Waals surface area contributed by atoms with Crippen molar-refractivity contribution >= 4 is 39.3 Å². The second-order valence-electron chi connectivity index (χ2n) is 5.88. The fourth-order valence-electron chi connectivity index (χ4n) is 2.57. The van der Waals surface area contributed by atoms with Crippen LogP contribution < -0.4 is 10.6 Å². The van der Waals surface area contributed by atoms with Crippen LogP contribution in [-0.2, 0) is 6.54 Å². The highest BCUT2D eigenvalue weighted by molar-refractivity contribution is 9.10. The lowest BCUT2D eigenvalue weighted by Crippen LogP contribution is -2.37. The largest absolute Gasteiger partial charge is 0.356 e. The number of aromatic nitrogens is 3. The van der Waals surface area contributed by atoms with Gasteiger partial charge in [-0.05, 0) is 58.8 Å². The number of pyridine rings is 1. The van der Waals surface area contributed by atoms with Crippen molar-refractivity contribution in [1.82, 2.24) is 25.2 Å². The molecule has 27 heavy (non-hydrogen) atoms. The summed E-state index contributed by atoms with van der Waals surface area (Å²) >= 11 is 5.47. The molecule has 6 nitrogen and oxygen atoms in total. The van der Waals surface area contributed by atoms with E-state index in [2.05, 4.69) is 60.0 Å². The Kier molecular flexibility index (Phi) is 7.53. The van der Waals surface area contributed by atoms with Crippen molar-refractivity contribution in [3.8, 4) is 0 Å². The number of halogens is 1. The zero-order valence-electron chi connectivity index (χ0n) is 15.2. The van der Waals surface area contributed by atoms with Crippen LogP contribution in [0, 0.1) is 0 Å². The summed E-state index contributed by atoms with van der Waals surface area (Å²) in [5.41, 5.74) is 0.847. The predicted octanol–water partition coefficient (Wildman–Crippen LogP) is 3.73. The van der Waals surface area contributed by atoms with Gasteiger partial charge < -0.3 is 10.6 Å². The molecule has 0 bridgehead atoms. The van der Waals surface area contributed by atoms with E-state index in [0.717, 1.165) is 42.6 Å². The predicted molar refractivity (Wildman–Crippen MR) is 115 cm³/mol. The van der Waals surface area contributed by atoms with Crippen LogP contribution in [0.4, 0.5) is 0 Å². The van der Waals surface area contributed by atoms with E-state index in [0.29, 0.717) is 6.54 Å². The second-order valence-corrected chi connectivity index (χ2v) is 7.87. The molecule has 3 aromatic rings. The molecule has 0 fully saturated rings. The monoisotopic (exact) mass is 446 g/mol. The highest BCUT2D eigenvalue weighted by Crippen LogP contribution is 2.27. The molecule has 0 spiro atoms. The molecule has 3 rings (SSSR count). The Morgan fingerprint density at radius 3 is 2.81 bits per heavy atom. The maximum atomic E-state index is 4.27. The highest BCUT2D eigenvalue weighted by Gasteiger charge is 2.05. The fraction of sp³-hybridized carbons (Fsp3) is 0.316. The molecule has 8 heteroatoms. The van der Waals surface area contributed by atoms with Gasteiger partial charge in [0.05, 0.1) is 6.54 Å². The summed E-state index contributed by atoms with van der Waals surface area (Å²) in [6.45, 7) is 1.46. The first-order valence-electron chi connectivity index (χ1n) is 8.88. The molecule has 2 aromatic heterocycles. The number of fused-ring (bicyclic) bond motifs is 1. The van der Waals surface area contributed by atoms with Crippen LogP contribution in [0.25, 0.3) is 5.65 Å². The molecule has 142 valence electrons. The Bertz CT molecular complexity index is 895. The number of hydrogen-bond acceptors (Lipinski definition) is 4. The van der Waals surface area contributed by atoms with E-state index >= 15 is 0 Å². The van der Waals surface area contributed by atoms with E-state index in [1.807, 2.05) is 46.6 Å². The molecule has 0 saturated heterocycles. The highest BCUT2D eigenvalue weighted by atomic mass is 79.9. The number of unbranched alkanes of at least 4 members (excludes halogenated alkanes) is 1. The molecule has 0 amide bonds. The number of aliphatic imine (C=N–C) groups is 1. The van der Waals surface area contributed by atoms with Crippen molar-refractivity contribution < 1.29 is 0 Å². The van der Waals surface area contributed by atoms with Crippen molar-refractivity contribution in [2.24, 2.45) is 4.99 Å². The smallest absolute Gasteiger partial charge is 0.191 e. The Morgan fingerprint density at radius 2 is 1.96 bits per heavy atom.